The first-order valence-corrected chi connectivity index (χ1v) is 6.06. The number of carbonyl (C=O) groups excluding carboxylic acids is 1. The van der Waals surface area contributed by atoms with Crippen LogP contribution in [0.5, 0.6) is 0 Å². The monoisotopic (exact) mass is 260 g/mol. The van der Waals surface area contributed by atoms with Gasteiger partial charge in [-0.15, -0.1) is 11.6 Å². The van der Waals surface area contributed by atoms with Gasteiger partial charge in [0.1, 0.15) is 5.38 Å². The average Bonchev–Trinajstić information content (AvgIpc) is 2.46. The molecule has 0 aliphatic rings. The number of aromatic nitrogens is 1. The van der Waals surface area contributed by atoms with Crippen molar-refractivity contribution in [2.45, 2.75) is 11.9 Å². The molecule has 1 atom stereocenters. The van der Waals surface area contributed by atoms with E-state index in [1.807, 2.05) is 42.5 Å². The Hall–Kier alpha value is -1.87. The van der Waals surface area contributed by atoms with Crippen LogP contribution in [-0.2, 0) is 11.3 Å². The lowest BCUT2D eigenvalue weighted by molar-refractivity contribution is -0.121. The molecule has 0 aliphatic carbocycles. The lowest BCUT2D eigenvalue weighted by Crippen LogP contribution is -2.26. The summed E-state index contributed by atoms with van der Waals surface area (Å²) in [6.45, 7) is 0.456. The fraction of sp³-hybridized carbons (Fsp3) is 0.143. The van der Waals surface area contributed by atoms with Gasteiger partial charge in [-0.3, -0.25) is 9.78 Å². The maximum Gasteiger partial charge on any atom is 0.242 e. The van der Waals surface area contributed by atoms with E-state index in [-0.39, 0.29) is 5.91 Å². The van der Waals surface area contributed by atoms with Crippen LogP contribution >= 0.6 is 11.6 Å². The minimum atomic E-state index is -0.659. The number of benzene rings is 1. The van der Waals surface area contributed by atoms with Gasteiger partial charge in [-0.25, -0.2) is 0 Å². The number of rotatable bonds is 4. The second kappa shape index (κ2) is 6.17. The van der Waals surface area contributed by atoms with Crippen LogP contribution in [0.15, 0.2) is 54.9 Å². The van der Waals surface area contributed by atoms with Crippen LogP contribution in [0.2, 0.25) is 0 Å². The van der Waals surface area contributed by atoms with E-state index < -0.39 is 5.38 Å². The van der Waals surface area contributed by atoms with E-state index in [9.17, 15) is 4.79 Å². The van der Waals surface area contributed by atoms with Gasteiger partial charge in [0, 0.05) is 18.9 Å². The first kappa shape index (κ1) is 12.6. The Bertz CT molecular complexity index is 502. The number of hydrogen-bond donors (Lipinski definition) is 1. The van der Waals surface area contributed by atoms with Crippen molar-refractivity contribution in [1.82, 2.24) is 10.3 Å². The van der Waals surface area contributed by atoms with Crippen molar-refractivity contribution in [2.24, 2.45) is 0 Å². The Labute approximate surface area is 111 Å². The molecule has 0 aliphatic heterocycles. The largest absolute Gasteiger partial charge is 0.350 e. The summed E-state index contributed by atoms with van der Waals surface area (Å²) in [6.07, 6.45) is 3.38. The highest BCUT2D eigenvalue weighted by atomic mass is 35.5. The highest BCUT2D eigenvalue weighted by molar-refractivity contribution is 6.30. The van der Waals surface area contributed by atoms with E-state index in [4.69, 9.17) is 11.6 Å². The predicted octanol–water partition coefficient (Wildman–Crippen LogP) is 2.68. The SMILES string of the molecule is O=C(NCc1ccncc1)C(Cl)c1ccccc1. The maximum absolute atomic E-state index is 11.9. The first-order chi connectivity index (χ1) is 8.77. The Kier molecular flexibility index (Phi) is 4.31. The molecule has 1 N–H and O–H groups in total. The van der Waals surface area contributed by atoms with Gasteiger partial charge >= 0.3 is 0 Å². The second-order valence-corrected chi connectivity index (χ2v) is 4.28. The van der Waals surface area contributed by atoms with Gasteiger partial charge in [-0.1, -0.05) is 30.3 Å². The lowest BCUT2D eigenvalue weighted by atomic mass is 10.1. The summed E-state index contributed by atoms with van der Waals surface area (Å²) in [4.78, 5) is 15.8. The molecule has 0 fully saturated rings. The summed E-state index contributed by atoms with van der Waals surface area (Å²) >= 11 is 6.10. The first-order valence-electron chi connectivity index (χ1n) is 5.63. The van der Waals surface area contributed by atoms with Crippen molar-refractivity contribution in [3.05, 3.63) is 66.0 Å². The number of alkyl halides is 1. The Morgan fingerprint density at radius 2 is 1.83 bits per heavy atom. The van der Waals surface area contributed by atoms with Crippen LogP contribution < -0.4 is 5.32 Å². The quantitative estimate of drug-likeness (QED) is 0.859. The normalized spacial score (nSPS) is 11.8. The Balaban J connectivity index is 1.93. The van der Waals surface area contributed by atoms with Crippen molar-refractivity contribution in [2.75, 3.05) is 0 Å². The summed E-state index contributed by atoms with van der Waals surface area (Å²) in [5, 5.41) is 2.14. The minimum absolute atomic E-state index is 0.195. The van der Waals surface area contributed by atoms with Gasteiger partial charge in [0.25, 0.3) is 0 Å². The molecule has 4 heteroatoms. The zero-order chi connectivity index (χ0) is 12.8. The van der Waals surface area contributed by atoms with E-state index in [2.05, 4.69) is 10.3 Å². The number of carbonyl (C=O) groups is 1. The topological polar surface area (TPSA) is 42.0 Å². The number of nitrogens with one attached hydrogen (secondary N) is 1. The number of nitrogens with zero attached hydrogens (tertiary/aromatic N) is 1. The van der Waals surface area contributed by atoms with Crippen LogP contribution in [0.4, 0.5) is 0 Å². The van der Waals surface area contributed by atoms with Crippen molar-refractivity contribution in [1.29, 1.82) is 0 Å². The smallest absolute Gasteiger partial charge is 0.242 e. The molecule has 0 bridgehead atoms. The summed E-state index contributed by atoms with van der Waals surface area (Å²) < 4.78 is 0. The van der Waals surface area contributed by atoms with Crippen molar-refractivity contribution in [3.63, 3.8) is 0 Å². The molecule has 0 saturated heterocycles. The summed E-state index contributed by atoms with van der Waals surface area (Å²) in [5.41, 5.74) is 1.79. The number of pyridine rings is 1. The Morgan fingerprint density at radius 1 is 1.17 bits per heavy atom. The number of hydrogen-bond acceptors (Lipinski definition) is 2. The zero-order valence-corrected chi connectivity index (χ0v) is 10.5. The van der Waals surface area contributed by atoms with Crippen LogP contribution in [0.3, 0.4) is 0 Å². The third-order valence-corrected chi connectivity index (χ3v) is 2.99. The third-order valence-electron chi connectivity index (χ3n) is 2.54. The molecule has 0 saturated carbocycles. The van der Waals surface area contributed by atoms with Gasteiger partial charge in [0.15, 0.2) is 0 Å². The third kappa shape index (κ3) is 3.31. The number of halogens is 1. The van der Waals surface area contributed by atoms with Crippen molar-refractivity contribution >= 4 is 17.5 Å². The molecular formula is C14H13ClN2O. The van der Waals surface area contributed by atoms with E-state index >= 15 is 0 Å². The van der Waals surface area contributed by atoms with Gasteiger partial charge in [-0.05, 0) is 23.3 Å². The summed E-state index contributed by atoms with van der Waals surface area (Å²) in [5.74, 6) is -0.195. The van der Waals surface area contributed by atoms with E-state index in [1.54, 1.807) is 12.4 Å². The molecule has 1 unspecified atom stereocenters. The van der Waals surface area contributed by atoms with E-state index in [0.717, 1.165) is 11.1 Å². The lowest BCUT2D eigenvalue weighted by Gasteiger charge is -2.10. The maximum atomic E-state index is 11.9. The van der Waals surface area contributed by atoms with Crippen LogP contribution in [0.25, 0.3) is 0 Å². The molecule has 2 aromatic rings. The molecule has 18 heavy (non-hydrogen) atoms. The molecule has 0 radical (unpaired) electrons. The summed E-state index contributed by atoms with van der Waals surface area (Å²) in [7, 11) is 0. The molecule has 0 spiro atoms. The fourth-order valence-corrected chi connectivity index (χ4v) is 1.78. The molecule has 1 aromatic carbocycles. The summed E-state index contributed by atoms with van der Waals surface area (Å²) in [6, 6.07) is 13.0. The highest BCUT2D eigenvalue weighted by Gasteiger charge is 2.16. The Morgan fingerprint density at radius 3 is 2.50 bits per heavy atom. The minimum Gasteiger partial charge on any atom is -0.350 e. The fourth-order valence-electron chi connectivity index (χ4n) is 1.55. The molecule has 92 valence electrons. The highest BCUT2D eigenvalue weighted by Crippen LogP contribution is 2.19. The standard InChI is InChI=1S/C14H13ClN2O/c15-13(12-4-2-1-3-5-12)14(18)17-10-11-6-8-16-9-7-11/h1-9,13H,10H2,(H,17,18). The average molecular weight is 261 g/mol. The molecule has 1 aromatic heterocycles. The molecule has 2 rings (SSSR count). The van der Waals surface area contributed by atoms with Gasteiger partial charge in [0.05, 0.1) is 0 Å². The van der Waals surface area contributed by atoms with E-state index in [1.165, 1.54) is 0 Å². The van der Waals surface area contributed by atoms with Crippen LogP contribution in [0, 0.1) is 0 Å². The molecular weight excluding hydrogens is 248 g/mol. The van der Waals surface area contributed by atoms with Crippen molar-refractivity contribution < 1.29 is 4.79 Å². The zero-order valence-electron chi connectivity index (χ0n) is 9.71. The molecule has 1 heterocycles. The second-order valence-electron chi connectivity index (χ2n) is 3.85. The number of amides is 1. The van der Waals surface area contributed by atoms with E-state index in [0.29, 0.717) is 6.54 Å². The predicted molar refractivity (Wildman–Crippen MR) is 71.1 cm³/mol. The van der Waals surface area contributed by atoms with Gasteiger partial charge < -0.3 is 5.32 Å². The molecule has 1 amide bonds. The van der Waals surface area contributed by atoms with Gasteiger partial charge in [0.2, 0.25) is 5.91 Å². The van der Waals surface area contributed by atoms with Crippen LogP contribution in [-0.4, -0.2) is 10.9 Å². The van der Waals surface area contributed by atoms with Gasteiger partial charge in [-0.2, -0.15) is 0 Å². The molecule has 3 nitrogen and oxygen atoms in total. The van der Waals surface area contributed by atoms with Crippen LogP contribution in [0.1, 0.15) is 16.5 Å². The van der Waals surface area contributed by atoms with Crippen molar-refractivity contribution in [3.8, 4) is 0 Å².